The highest BCUT2D eigenvalue weighted by molar-refractivity contribution is 5.98. The first-order valence-electron chi connectivity index (χ1n) is 7.79. The Labute approximate surface area is 125 Å². The zero-order valence-electron chi connectivity index (χ0n) is 12.5. The summed E-state index contributed by atoms with van der Waals surface area (Å²) < 4.78 is 0. The predicted octanol–water partition coefficient (Wildman–Crippen LogP) is 3.05. The summed E-state index contributed by atoms with van der Waals surface area (Å²) in [6, 6.07) is 14.7. The summed E-state index contributed by atoms with van der Waals surface area (Å²) in [5.41, 5.74) is 0.801. The molecule has 0 atom stereocenters. The molecule has 0 unspecified atom stereocenters. The summed E-state index contributed by atoms with van der Waals surface area (Å²) in [4.78, 5) is 14.6. The number of hydrogen-bond acceptors (Lipinski definition) is 2. The molecular weight excluding hydrogens is 260 g/mol. The fourth-order valence-electron chi connectivity index (χ4n) is 3.08. The van der Waals surface area contributed by atoms with Crippen molar-refractivity contribution >= 4 is 16.7 Å². The van der Waals surface area contributed by atoms with Crippen molar-refractivity contribution in [1.82, 2.24) is 10.2 Å². The number of hydrogen-bond donors (Lipinski definition) is 1. The molecule has 2 aromatic carbocycles. The van der Waals surface area contributed by atoms with E-state index < -0.39 is 0 Å². The number of carbonyl (C=O) groups excluding carboxylic acids is 1. The molecule has 1 heterocycles. The number of carbonyl (C=O) groups is 1. The Morgan fingerprint density at radius 2 is 1.86 bits per heavy atom. The molecule has 1 saturated heterocycles. The van der Waals surface area contributed by atoms with Crippen molar-refractivity contribution in [2.45, 2.75) is 25.8 Å². The quantitative estimate of drug-likeness (QED) is 0.938. The van der Waals surface area contributed by atoms with Crippen LogP contribution in [0.1, 0.15) is 30.1 Å². The Morgan fingerprint density at radius 3 is 2.57 bits per heavy atom. The maximum Gasteiger partial charge on any atom is 0.253 e. The number of nitrogens with zero attached hydrogens (tertiary/aromatic N) is 1. The van der Waals surface area contributed by atoms with E-state index in [0.29, 0.717) is 6.04 Å². The number of nitrogens with one attached hydrogen (secondary N) is 1. The van der Waals surface area contributed by atoms with Crippen molar-refractivity contribution < 1.29 is 4.79 Å². The molecular formula is C18H22N2O. The summed E-state index contributed by atoms with van der Waals surface area (Å²) in [6.45, 7) is 4.84. The van der Waals surface area contributed by atoms with Crippen LogP contribution in [0.15, 0.2) is 42.5 Å². The summed E-state index contributed by atoms with van der Waals surface area (Å²) in [7, 11) is 0. The van der Waals surface area contributed by atoms with Gasteiger partial charge in [-0.05, 0) is 42.3 Å². The van der Waals surface area contributed by atoms with E-state index in [1.54, 1.807) is 0 Å². The van der Waals surface area contributed by atoms with Crippen molar-refractivity contribution in [3.8, 4) is 0 Å². The van der Waals surface area contributed by atoms with Crippen LogP contribution >= 0.6 is 0 Å². The van der Waals surface area contributed by atoms with Gasteiger partial charge in [0.2, 0.25) is 0 Å². The van der Waals surface area contributed by atoms with E-state index >= 15 is 0 Å². The Bertz CT molecular complexity index is 630. The van der Waals surface area contributed by atoms with Crippen LogP contribution in [-0.2, 0) is 0 Å². The van der Waals surface area contributed by atoms with Crippen molar-refractivity contribution in [3.05, 3.63) is 48.0 Å². The van der Waals surface area contributed by atoms with Gasteiger partial charge in [0.15, 0.2) is 0 Å². The van der Waals surface area contributed by atoms with E-state index in [1.807, 2.05) is 35.2 Å². The van der Waals surface area contributed by atoms with Gasteiger partial charge in [0, 0.05) is 24.7 Å². The monoisotopic (exact) mass is 282 g/mol. The number of fused-ring (bicyclic) bond motifs is 1. The van der Waals surface area contributed by atoms with Crippen LogP contribution in [0.25, 0.3) is 10.8 Å². The third-order valence-electron chi connectivity index (χ3n) is 4.27. The number of rotatable bonds is 3. The minimum Gasteiger partial charge on any atom is -0.339 e. The lowest BCUT2D eigenvalue weighted by atomic mass is 10.0. The van der Waals surface area contributed by atoms with Crippen LogP contribution in [0.5, 0.6) is 0 Å². The Kier molecular flexibility index (Phi) is 4.20. The fourth-order valence-corrected chi connectivity index (χ4v) is 3.08. The molecule has 0 radical (unpaired) electrons. The second-order valence-corrected chi connectivity index (χ2v) is 5.69. The van der Waals surface area contributed by atoms with Crippen molar-refractivity contribution in [2.24, 2.45) is 0 Å². The molecule has 0 aromatic heterocycles. The molecule has 0 aliphatic carbocycles. The maximum atomic E-state index is 12.6. The van der Waals surface area contributed by atoms with Gasteiger partial charge in [-0.1, -0.05) is 37.3 Å². The molecule has 1 amide bonds. The van der Waals surface area contributed by atoms with Crippen LogP contribution in [0, 0.1) is 0 Å². The van der Waals surface area contributed by atoms with Gasteiger partial charge < -0.3 is 10.2 Å². The van der Waals surface area contributed by atoms with Gasteiger partial charge in [0.25, 0.3) is 5.91 Å². The van der Waals surface area contributed by atoms with Crippen molar-refractivity contribution in [1.29, 1.82) is 0 Å². The first kappa shape index (κ1) is 14.1. The molecule has 2 aromatic rings. The molecule has 110 valence electrons. The van der Waals surface area contributed by atoms with Crippen molar-refractivity contribution in [3.63, 3.8) is 0 Å². The van der Waals surface area contributed by atoms with Gasteiger partial charge in [0.05, 0.1) is 0 Å². The zero-order chi connectivity index (χ0) is 14.7. The third kappa shape index (κ3) is 3.08. The Hall–Kier alpha value is -1.87. The highest BCUT2D eigenvalue weighted by Crippen LogP contribution is 2.19. The SMILES string of the molecule is CCNC1CCN(C(=O)c2ccc3ccccc3c2)CC1. The lowest BCUT2D eigenvalue weighted by Crippen LogP contribution is -2.44. The van der Waals surface area contributed by atoms with Crippen LogP contribution < -0.4 is 5.32 Å². The fraction of sp³-hybridized carbons (Fsp3) is 0.389. The van der Waals surface area contributed by atoms with E-state index in [9.17, 15) is 4.79 Å². The highest BCUT2D eigenvalue weighted by atomic mass is 16.2. The van der Waals surface area contributed by atoms with Crippen molar-refractivity contribution in [2.75, 3.05) is 19.6 Å². The molecule has 0 bridgehead atoms. The normalized spacial score (nSPS) is 16.3. The van der Waals surface area contributed by atoms with E-state index in [0.717, 1.165) is 43.4 Å². The summed E-state index contributed by atoms with van der Waals surface area (Å²) in [5.74, 6) is 0.163. The maximum absolute atomic E-state index is 12.6. The Balaban J connectivity index is 1.72. The first-order valence-corrected chi connectivity index (χ1v) is 7.79. The minimum absolute atomic E-state index is 0.163. The zero-order valence-corrected chi connectivity index (χ0v) is 12.5. The summed E-state index contributed by atoms with van der Waals surface area (Å²) >= 11 is 0. The molecule has 0 spiro atoms. The molecule has 1 N–H and O–H groups in total. The lowest BCUT2D eigenvalue weighted by Gasteiger charge is -2.32. The van der Waals surface area contributed by atoms with Gasteiger partial charge in [-0.3, -0.25) is 4.79 Å². The lowest BCUT2D eigenvalue weighted by molar-refractivity contribution is 0.0706. The van der Waals surface area contributed by atoms with Gasteiger partial charge in [0.1, 0.15) is 0 Å². The summed E-state index contributed by atoms with van der Waals surface area (Å²) in [5, 5.41) is 5.78. The molecule has 21 heavy (non-hydrogen) atoms. The molecule has 1 aliphatic rings. The van der Waals surface area contributed by atoms with E-state index in [4.69, 9.17) is 0 Å². The topological polar surface area (TPSA) is 32.3 Å². The molecule has 3 heteroatoms. The molecule has 1 aliphatic heterocycles. The molecule has 1 fully saturated rings. The summed E-state index contributed by atoms with van der Waals surface area (Å²) in [6.07, 6.45) is 2.10. The second-order valence-electron chi connectivity index (χ2n) is 5.69. The van der Waals surface area contributed by atoms with Gasteiger partial charge in [-0.2, -0.15) is 0 Å². The molecule has 0 saturated carbocycles. The smallest absolute Gasteiger partial charge is 0.253 e. The van der Waals surface area contributed by atoms with Crippen LogP contribution in [0.4, 0.5) is 0 Å². The van der Waals surface area contributed by atoms with E-state index in [2.05, 4.69) is 24.4 Å². The van der Waals surface area contributed by atoms with Gasteiger partial charge in [-0.25, -0.2) is 0 Å². The van der Waals surface area contributed by atoms with Crippen LogP contribution in [0.3, 0.4) is 0 Å². The number of benzene rings is 2. The third-order valence-corrected chi connectivity index (χ3v) is 4.27. The predicted molar refractivity (Wildman–Crippen MR) is 86.6 cm³/mol. The average molecular weight is 282 g/mol. The largest absolute Gasteiger partial charge is 0.339 e. The minimum atomic E-state index is 0.163. The molecule has 3 rings (SSSR count). The number of likely N-dealkylation sites (tertiary alicyclic amines) is 1. The van der Waals surface area contributed by atoms with E-state index in [1.165, 1.54) is 5.39 Å². The second kappa shape index (κ2) is 6.27. The average Bonchev–Trinajstić information content (AvgIpc) is 2.55. The van der Waals surface area contributed by atoms with Gasteiger partial charge >= 0.3 is 0 Å². The first-order chi connectivity index (χ1) is 10.3. The highest BCUT2D eigenvalue weighted by Gasteiger charge is 2.23. The Morgan fingerprint density at radius 1 is 1.14 bits per heavy atom. The number of amides is 1. The number of piperidine rings is 1. The van der Waals surface area contributed by atoms with E-state index in [-0.39, 0.29) is 5.91 Å². The standard InChI is InChI=1S/C18H22N2O/c1-2-19-17-9-11-20(12-10-17)18(21)16-8-7-14-5-3-4-6-15(14)13-16/h3-8,13,17,19H,2,9-12H2,1H3. The van der Waals surface area contributed by atoms with Gasteiger partial charge in [-0.15, -0.1) is 0 Å². The van der Waals surface area contributed by atoms with Crippen LogP contribution in [-0.4, -0.2) is 36.5 Å². The van der Waals surface area contributed by atoms with Crippen LogP contribution in [0.2, 0.25) is 0 Å². The molecule has 3 nitrogen and oxygen atoms in total.